The second-order valence-electron chi connectivity index (χ2n) is 9.65. The molecule has 4 aromatic rings. The van der Waals surface area contributed by atoms with Crippen LogP contribution >= 0.6 is 0 Å². The third-order valence-electron chi connectivity index (χ3n) is 6.88. The van der Waals surface area contributed by atoms with Crippen LogP contribution in [-0.2, 0) is 27.2 Å². The van der Waals surface area contributed by atoms with Gasteiger partial charge in [-0.15, -0.1) is 0 Å². The molecule has 3 heterocycles. The summed E-state index contributed by atoms with van der Waals surface area (Å²) in [5, 5.41) is 0. The van der Waals surface area contributed by atoms with Crippen molar-refractivity contribution in [1.82, 2.24) is 15.0 Å². The average molecular weight is 564 g/mol. The van der Waals surface area contributed by atoms with E-state index in [4.69, 9.17) is 18.9 Å². The Balaban J connectivity index is 1.30. The van der Waals surface area contributed by atoms with E-state index < -0.39 is 17.0 Å². The first kappa shape index (κ1) is 28.0. The fourth-order valence-electron chi connectivity index (χ4n) is 4.46. The highest BCUT2D eigenvalue weighted by atomic mass is 19.1. The molecule has 11 heteroatoms. The van der Waals surface area contributed by atoms with E-state index in [1.807, 2.05) is 0 Å². The third kappa shape index (κ3) is 6.14. The molecule has 1 saturated carbocycles. The van der Waals surface area contributed by atoms with Crippen LogP contribution in [0.15, 0.2) is 54.9 Å². The SMILES string of the molecule is COCCOc1nc2c(Oc3ncc(CC(=O)C4(C(=O)Cc5ccc(F)cc5)CC4)cc3F)ccnc2cc1OC. The lowest BCUT2D eigenvalue weighted by Gasteiger charge is -2.14. The van der Waals surface area contributed by atoms with Gasteiger partial charge in [0, 0.05) is 44.5 Å². The number of ether oxygens (including phenoxy) is 4. The van der Waals surface area contributed by atoms with Gasteiger partial charge in [-0.25, -0.2) is 18.7 Å². The lowest BCUT2D eigenvalue weighted by molar-refractivity contribution is -0.133. The van der Waals surface area contributed by atoms with Crippen molar-refractivity contribution in [3.8, 4) is 23.3 Å². The average Bonchev–Trinajstić information content (AvgIpc) is 3.78. The summed E-state index contributed by atoms with van der Waals surface area (Å²) in [6.07, 6.45) is 3.58. The topological polar surface area (TPSA) is 110 Å². The normalized spacial score (nSPS) is 13.6. The molecule has 0 amide bonds. The van der Waals surface area contributed by atoms with Crippen LogP contribution in [0.3, 0.4) is 0 Å². The molecule has 0 bridgehead atoms. The van der Waals surface area contributed by atoms with Crippen molar-refractivity contribution in [2.75, 3.05) is 27.4 Å². The molecule has 1 aliphatic rings. The summed E-state index contributed by atoms with van der Waals surface area (Å²) in [5.74, 6) is -1.27. The second kappa shape index (κ2) is 11.9. The first-order chi connectivity index (χ1) is 19.8. The van der Waals surface area contributed by atoms with Crippen molar-refractivity contribution in [3.05, 3.63) is 77.6 Å². The van der Waals surface area contributed by atoms with Crippen LogP contribution in [-0.4, -0.2) is 54.0 Å². The molecule has 1 fully saturated rings. The Morgan fingerprint density at radius 2 is 1.61 bits per heavy atom. The molecular weight excluding hydrogens is 536 g/mol. The minimum Gasteiger partial charge on any atom is -0.491 e. The summed E-state index contributed by atoms with van der Waals surface area (Å²) in [4.78, 5) is 38.8. The van der Waals surface area contributed by atoms with Gasteiger partial charge >= 0.3 is 0 Å². The van der Waals surface area contributed by atoms with E-state index >= 15 is 4.39 Å². The van der Waals surface area contributed by atoms with Crippen molar-refractivity contribution in [2.24, 2.45) is 5.41 Å². The fraction of sp³-hybridized carbons (Fsp3) is 0.300. The molecule has 0 saturated heterocycles. The number of pyridine rings is 3. The van der Waals surface area contributed by atoms with Gasteiger partial charge in [0.1, 0.15) is 17.9 Å². The minimum absolute atomic E-state index is 0.0321. The van der Waals surface area contributed by atoms with Gasteiger partial charge in [0.25, 0.3) is 11.8 Å². The Morgan fingerprint density at radius 1 is 0.878 bits per heavy atom. The highest BCUT2D eigenvalue weighted by molar-refractivity contribution is 6.10. The molecule has 0 atom stereocenters. The van der Waals surface area contributed by atoms with Gasteiger partial charge in [0.05, 0.1) is 24.6 Å². The van der Waals surface area contributed by atoms with Crippen LogP contribution in [0.2, 0.25) is 0 Å². The maximum absolute atomic E-state index is 15.1. The first-order valence-electron chi connectivity index (χ1n) is 12.9. The second-order valence-corrected chi connectivity index (χ2v) is 9.65. The Kier molecular flexibility index (Phi) is 8.16. The summed E-state index contributed by atoms with van der Waals surface area (Å²) < 4.78 is 50.0. The molecule has 3 aromatic heterocycles. The number of methoxy groups -OCH3 is 2. The van der Waals surface area contributed by atoms with Crippen LogP contribution in [0.25, 0.3) is 11.0 Å². The van der Waals surface area contributed by atoms with Gasteiger partial charge < -0.3 is 18.9 Å². The van der Waals surface area contributed by atoms with Crippen LogP contribution in [0, 0.1) is 17.0 Å². The van der Waals surface area contributed by atoms with Crippen LogP contribution in [0.1, 0.15) is 24.0 Å². The molecule has 0 radical (unpaired) electrons. The standard InChI is InChI=1S/C30H27F2N3O6/c1-38-11-12-40-29-24(39-2)16-22-27(35-29)23(7-10-33-22)41-28-21(32)13-19(17-34-28)15-26(37)30(8-9-30)25(36)14-18-3-5-20(31)6-4-18/h3-7,10,13,16-17H,8-9,11-12,14-15H2,1-2H3. The van der Waals surface area contributed by atoms with Crippen molar-refractivity contribution >= 4 is 22.6 Å². The number of rotatable bonds is 13. The Bertz CT molecular complexity index is 1590. The molecule has 5 rings (SSSR count). The monoisotopic (exact) mass is 563 g/mol. The summed E-state index contributed by atoms with van der Waals surface area (Å²) in [6.45, 7) is 0.574. The van der Waals surface area contributed by atoms with E-state index in [0.29, 0.717) is 47.4 Å². The van der Waals surface area contributed by atoms with Crippen molar-refractivity contribution in [3.63, 3.8) is 0 Å². The Morgan fingerprint density at radius 3 is 2.27 bits per heavy atom. The highest BCUT2D eigenvalue weighted by Crippen LogP contribution is 2.49. The van der Waals surface area contributed by atoms with E-state index in [1.54, 1.807) is 13.2 Å². The molecule has 0 N–H and O–H groups in total. The maximum atomic E-state index is 15.1. The molecule has 0 aliphatic heterocycles. The van der Waals surface area contributed by atoms with E-state index in [9.17, 15) is 14.0 Å². The number of halogens is 2. The smallest absolute Gasteiger partial charge is 0.257 e. The minimum atomic E-state index is -1.09. The molecule has 212 valence electrons. The van der Waals surface area contributed by atoms with E-state index in [0.717, 1.165) is 0 Å². The van der Waals surface area contributed by atoms with E-state index in [-0.39, 0.29) is 48.5 Å². The molecule has 0 spiro atoms. The lowest BCUT2D eigenvalue weighted by Crippen LogP contribution is -2.29. The van der Waals surface area contributed by atoms with Gasteiger partial charge in [-0.1, -0.05) is 12.1 Å². The lowest BCUT2D eigenvalue weighted by atomic mass is 9.88. The predicted molar refractivity (Wildman–Crippen MR) is 143 cm³/mol. The predicted octanol–water partition coefficient (Wildman–Crippen LogP) is 4.83. The molecular formula is C30H27F2N3O6. The quantitative estimate of drug-likeness (QED) is 0.167. The molecule has 1 aromatic carbocycles. The summed E-state index contributed by atoms with van der Waals surface area (Å²) in [7, 11) is 3.02. The highest BCUT2D eigenvalue weighted by Gasteiger charge is 2.54. The summed E-state index contributed by atoms with van der Waals surface area (Å²) >= 11 is 0. The van der Waals surface area contributed by atoms with Crippen molar-refractivity contribution in [1.29, 1.82) is 0 Å². The number of fused-ring (bicyclic) bond motifs is 1. The number of Topliss-reactive ketones (excluding diaryl/α,β-unsaturated/α-hetero) is 2. The van der Waals surface area contributed by atoms with Crippen LogP contribution < -0.4 is 14.2 Å². The van der Waals surface area contributed by atoms with Crippen LogP contribution in [0.5, 0.6) is 23.3 Å². The Labute approximate surface area is 234 Å². The number of nitrogens with zero attached hydrogens (tertiary/aromatic N) is 3. The number of carbonyl (C=O) groups excluding carboxylic acids is 2. The molecule has 0 unspecified atom stereocenters. The largest absolute Gasteiger partial charge is 0.491 e. The van der Waals surface area contributed by atoms with Crippen LogP contribution in [0.4, 0.5) is 8.78 Å². The molecule has 41 heavy (non-hydrogen) atoms. The third-order valence-corrected chi connectivity index (χ3v) is 6.88. The van der Waals surface area contributed by atoms with Gasteiger partial charge in [-0.3, -0.25) is 14.6 Å². The van der Waals surface area contributed by atoms with Crippen molar-refractivity contribution < 1.29 is 37.3 Å². The first-order valence-corrected chi connectivity index (χ1v) is 12.9. The van der Waals surface area contributed by atoms with Crippen molar-refractivity contribution in [2.45, 2.75) is 25.7 Å². The number of ketones is 2. The summed E-state index contributed by atoms with van der Waals surface area (Å²) in [6, 6.07) is 9.92. The maximum Gasteiger partial charge on any atom is 0.257 e. The van der Waals surface area contributed by atoms with Gasteiger partial charge in [-0.2, -0.15) is 0 Å². The van der Waals surface area contributed by atoms with Gasteiger partial charge in [-0.05, 0) is 42.2 Å². The Hall–Kier alpha value is -4.51. The van der Waals surface area contributed by atoms with E-state index in [2.05, 4.69) is 15.0 Å². The molecule has 1 aliphatic carbocycles. The fourth-order valence-corrected chi connectivity index (χ4v) is 4.46. The molecule has 9 nitrogen and oxygen atoms in total. The van der Waals surface area contributed by atoms with Gasteiger partial charge in [0.15, 0.2) is 28.9 Å². The number of hydrogen-bond acceptors (Lipinski definition) is 9. The number of hydrogen-bond donors (Lipinski definition) is 0. The summed E-state index contributed by atoms with van der Waals surface area (Å²) in [5.41, 5.74) is 0.593. The zero-order chi connectivity index (χ0) is 29.0. The number of aromatic nitrogens is 3. The number of carbonyl (C=O) groups is 2. The number of benzene rings is 1. The zero-order valence-electron chi connectivity index (χ0n) is 22.5. The van der Waals surface area contributed by atoms with E-state index in [1.165, 1.54) is 55.9 Å². The zero-order valence-corrected chi connectivity index (χ0v) is 22.5. The van der Waals surface area contributed by atoms with Gasteiger partial charge in [0.2, 0.25) is 0 Å².